The molecule has 1 amide bonds. The first kappa shape index (κ1) is 15.9. The minimum Gasteiger partial charge on any atom is -0.465 e. The third kappa shape index (κ3) is 3.91. The van der Waals surface area contributed by atoms with Crippen LogP contribution in [-0.4, -0.2) is 36.5 Å². The van der Waals surface area contributed by atoms with Gasteiger partial charge in [-0.2, -0.15) is 0 Å². The fraction of sp³-hybridized carbons (Fsp3) is 0.333. The van der Waals surface area contributed by atoms with Gasteiger partial charge in [-0.15, -0.1) is 6.58 Å². The molecule has 20 heavy (non-hydrogen) atoms. The minimum absolute atomic E-state index is 0.0591. The number of benzene rings is 1. The van der Waals surface area contributed by atoms with Gasteiger partial charge in [0.2, 0.25) is 0 Å². The molecule has 0 aromatic heterocycles. The zero-order valence-corrected chi connectivity index (χ0v) is 11.7. The number of esters is 1. The van der Waals surface area contributed by atoms with Crippen molar-refractivity contribution in [3.63, 3.8) is 0 Å². The summed E-state index contributed by atoms with van der Waals surface area (Å²) in [4.78, 5) is 24.9. The Morgan fingerprint density at radius 3 is 2.75 bits per heavy atom. The molecule has 0 aliphatic rings. The molecular weight excluding hydrogens is 261 g/mol. The summed E-state index contributed by atoms with van der Waals surface area (Å²) in [5.41, 5.74) is 0.321. The Balaban J connectivity index is 2.96. The Bertz CT molecular complexity index is 514. The Kier molecular flexibility index (Phi) is 5.90. The molecule has 0 heterocycles. The van der Waals surface area contributed by atoms with Crippen LogP contribution in [0.1, 0.15) is 22.8 Å². The van der Waals surface area contributed by atoms with Crippen LogP contribution in [0.2, 0.25) is 0 Å². The molecule has 108 valence electrons. The van der Waals surface area contributed by atoms with Gasteiger partial charge in [0.25, 0.3) is 5.91 Å². The smallest absolute Gasteiger partial charge is 0.325 e. The van der Waals surface area contributed by atoms with E-state index < -0.39 is 17.7 Å². The number of carbonyl (C=O) groups excluding carboxylic acids is 2. The molecule has 0 atom stereocenters. The molecule has 0 fully saturated rings. The van der Waals surface area contributed by atoms with Crippen molar-refractivity contribution in [2.75, 3.05) is 19.7 Å². The Morgan fingerprint density at radius 1 is 1.45 bits per heavy atom. The number of aryl methyl sites for hydroxylation is 1. The molecule has 0 N–H and O–H groups in total. The summed E-state index contributed by atoms with van der Waals surface area (Å²) in [6.45, 7) is 6.93. The fourth-order valence-corrected chi connectivity index (χ4v) is 1.72. The third-order valence-electron chi connectivity index (χ3n) is 2.68. The maximum absolute atomic E-state index is 13.9. The van der Waals surface area contributed by atoms with Crippen molar-refractivity contribution >= 4 is 11.9 Å². The highest BCUT2D eigenvalue weighted by atomic mass is 19.1. The van der Waals surface area contributed by atoms with Crippen molar-refractivity contribution in [1.29, 1.82) is 0 Å². The van der Waals surface area contributed by atoms with Crippen molar-refractivity contribution in [3.8, 4) is 0 Å². The molecule has 0 radical (unpaired) electrons. The molecular formula is C15H18FNO3. The zero-order chi connectivity index (χ0) is 15.1. The molecule has 0 bridgehead atoms. The van der Waals surface area contributed by atoms with E-state index in [1.165, 1.54) is 17.0 Å². The SMILES string of the molecule is C=CCN(CC(=O)OCC)C(=O)c1cccc(C)c1F. The molecule has 1 rings (SSSR count). The molecule has 0 saturated carbocycles. The van der Waals surface area contributed by atoms with Gasteiger partial charge >= 0.3 is 5.97 Å². The molecule has 5 heteroatoms. The summed E-state index contributed by atoms with van der Waals surface area (Å²) in [6, 6.07) is 4.57. The maximum Gasteiger partial charge on any atom is 0.325 e. The number of ether oxygens (including phenoxy) is 1. The lowest BCUT2D eigenvalue weighted by atomic mass is 10.1. The number of carbonyl (C=O) groups is 2. The van der Waals surface area contributed by atoms with Crippen LogP contribution in [0.4, 0.5) is 4.39 Å². The molecule has 1 aromatic rings. The normalized spacial score (nSPS) is 9.95. The molecule has 4 nitrogen and oxygen atoms in total. The number of rotatable bonds is 6. The van der Waals surface area contributed by atoms with Crippen LogP contribution in [0, 0.1) is 12.7 Å². The van der Waals surface area contributed by atoms with Crippen LogP contribution in [0.15, 0.2) is 30.9 Å². The van der Waals surface area contributed by atoms with Crippen LogP contribution in [0.25, 0.3) is 0 Å². The van der Waals surface area contributed by atoms with Crippen LogP contribution in [-0.2, 0) is 9.53 Å². The van der Waals surface area contributed by atoms with Gasteiger partial charge in [0, 0.05) is 6.54 Å². The van der Waals surface area contributed by atoms with Crippen LogP contribution < -0.4 is 0 Å². The van der Waals surface area contributed by atoms with Crippen LogP contribution in [0.3, 0.4) is 0 Å². The molecule has 1 aromatic carbocycles. The first-order valence-corrected chi connectivity index (χ1v) is 6.32. The molecule has 0 aliphatic heterocycles. The van der Waals surface area contributed by atoms with Gasteiger partial charge < -0.3 is 9.64 Å². The second-order valence-electron chi connectivity index (χ2n) is 4.22. The predicted octanol–water partition coefficient (Wildman–Crippen LogP) is 2.33. The predicted molar refractivity (Wildman–Crippen MR) is 73.9 cm³/mol. The lowest BCUT2D eigenvalue weighted by molar-refractivity contribution is -0.143. The minimum atomic E-state index is -0.574. The van der Waals surface area contributed by atoms with Crippen molar-refractivity contribution < 1.29 is 18.7 Å². The molecule has 0 aliphatic carbocycles. The average Bonchev–Trinajstić information content (AvgIpc) is 2.41. The third-order valence-corrected chi connectivity index (χ3v) is 2.68. The van der Waals surface area contributed by atoms with E-state index in [-0.39, 0.29) is 25.3 Å². The van der Waals surface area contributed by atoms with E-state index in [2.05, 4.69) is 6.58 Å². The number of halogens is 1. The summed E-state index contributed by atoms with van der Waals surface area (Å²) in [6.07, 6.45) is 1.48. The molecule has 0 unspecified atom stereocenters. The largest absolute Gasteiger partial charge is 0.465 e. The van der Waals surface area contributed by atoms with Crippen LogP contribution >= 0.6 is 0 Å². The number of hydrogen-bond donors (Lipinski definition) is 0. The lowest BCUT2D eigenvalue weighted by Crippen LogP contribution is -2.37. The quantitative estimate of drug-likeness (QED) is 0.593. The summed E-state index contributed by atoms with van der Waals surface area (Å²) in [5, 5.41) is 0. The van der Waals surface area contributed by atoms with E-state index in [0.29, 0.717) is 5.56 Å². The number of amides is 1. The Labute approximate surface area is 117 Å². The van der Waals surface area contributed by atoms with Crippen LogP contribution in [0.5, 0.6) is 0 Å². The number of hydrogen-bond acceptors (Lipinski definition) is 3. The monoisotopic (exact) mass is 279 g/mol. The van der Waals surface area contributed by atoms with Crippen molar-refractivity contribution in [3.05, 3.63) is 47.8 Å². The Morgan fingerprint density at radius 2 is 2.15 bits per heavy atom. The summed E-state index contributed by atoms with van der Waals surface area (Å²) < 4.78 is 18.7. The van der Waals surface area contributed by atoms with Gasteiger partial charge in [0.15, 0.2) is 0 Å². The van der Waals surface area contributed by atoms with Gasteiger partial charge in [-0.1, -0.05) is 18.2 Å². The van der Waals surface area contributed by atoms with E-state index in [4.69, 9.17) is 4.74 Å². The van der Waals surface area contributed by atoms with E-state index in [1.54, 1.807) is 26.0 Å². The van der Waals surface area contributed by atoms with E-state index in [0.717, 1.165) is 0 Å². The van der Waals surface area contributed by atoms with E-state index in [9.17, 15) is 14.0 Å². The van der Waals surface area contributed by atoms with Gasteiger partial charge in [-0.05, 0) is 25.5 Å². The van der Waals surface area contributed by atoms with Gasteiger partial charge in [-0.25, -0.2) is 4.39 Å². The Hall–Kier alpha value is -2.17. The van der Waals surface area contributed by atoms with Gasteiger partial charge in [-0.3, -0.25) is 9.59 Å². The first-order valence-electron chi connectivity index (χ1n) is 6.32. The second kappa shape index (κ2) is 7.43. The average molecular weight is 279 g/mol. The summed E-state index contributed by atoms with van der Waals surface area (Å²) >= 11 is 0. The van der Waals surface area contributed by atoms with Crippen molar-refractivity contribution in [2.45, 2.75) is 13.8 Å². The molecule has 0 saturated heterocycles. The van der Waals surface area contributed by atoms with Gasteiger partial charge in [0.1, 0.15) is 12.4 Å². The maximum atomic E-state index is 13.9. The fourth-order valence-electron chi connectivity index (χ4n) is 1.72. The summed E-state index contributed by atoms with van der Waals surface area (Å²) in [7, 11) is 0. The van der Waals surface area contributed by atoms with Crippen molar-refractivity contribution in [2.24, 2.45) is 0 Å². The first-order chi connectivity index (χ1) is 9.51. The summed E-state index contributed by atoms with van der Waals surface area (Å²) in [5.74, 6) is -1.66. The highest BCUT2D eigenvalue weighted by Gasteiger charge is 2.21. The van der Waals surface area contributed by atoms with E-state index in [1.807, 2.05) is 0 Å². The zero-order valence-electron chi connectivity index (χ0n) is 11.7. The lowest BCUT2D eigenvalue weighted by Gasteiger charge is -2.20. The second-order valence-corrected chi connectivity index (χ2v) is 4.22. The standard InChI is InChI=1S/C15H18FNO3/c1-4-9-17(10-13(18)20-5-2)15(19)12-8-6-7-11(3)14(12)16/h4,6-8H,1,5,9-10H2,2-3H3. The highest BCUT2D eigenvalue weighted by Crippen LogP contribution is 2.14. The van der Waals surface area contributed by atoms with Crippen molar-refractivity contribution in [1.82, 2.24) is 4.90 Å². The topological polar surface area (TPSA) is 46.6 Å². The number of nitrogens with zero attached hydrogens (tertiary/aromatic N) is 1. The molecule has 0 spiro atoms. The van der Waals surface area contributed by atoms with E-state index >= 15 is 0 Å². The highest BCUT2D eigenvalue weighted by molar-refractivity contribution is 5.96. The van der Waals surface area contributed by atoms with Gasteiger partial charge in [0.05, 0.1) is 12.2 Å².